The first-order valence-electron chi connectivity index (χ1n) is 11.6. The van der Waals surface area contributed by atoms with Crippen molar-refractivity contribution in [2.45, 2.75) is 97.9 Å². The first-order valence-corrected chi connectivity index (χ1v) is 11.6. The molecule has 1 fully saturated rings. The predicted molar refractivity (Wildman–Crippen MR) is 128 cm³/mol. The molecule has 1 aliphatic heterocycles. The van der Waals surface area contributed by atoms with E-state index in [1.165, 1.54) is 22.3 Å². The smallest absolute Gasteiger partial charge is 0.187 e. The number of ether oxygens (including phenoxy) is 3. The maximum atomic E-state index is 10.6. The van der Waals surface area contributed by atoms with Gasteiger partial charge in [-0.05, 0) is 67.2 Å². The van der Waals surface area contributed by atoms with Gasteiger partial charge in [0, 0.05) is 0 Å². The lowest BCUT2D eigenvalue weighted by molar-refractivity contribution is -0.305. The van der Waals surface area contributed by atoms with E-state index in [9.17, 15) is 15.3 Å². The maximum Gasteiger partial charge on any atom is 0.187 e. The summed E-state index contributed by atoms with van der Waals surface area (Å²) >= 11 is 0. The molecule has 0 aromatic carbocycles. The molecule has 6 heteroatoms. The number of aliphatic hydroxyl groups is 3. The summed E-state index contributed by atoms with van der Waals surface area (Å²) in [5.41, 5.74) is 4.98. The van der Waals surface area contributed by atoms with Gasteiger partial charge >= 0.3 is 0 Å². The Kier molecular flexibility index (Phi) is 14.0. The van der Waals surface area contributed by atoms with Crippen LogP contribution in [0.1, 0.15) is 67.2 Å². The lowest BCUT2D eigenvalue weighted by Crippen LogP contribution is -2.60. The summed E-state index contributed by atoms with van der Waals surface area (Å²) in [4.78, 5) is 0. The number of hydrogen-bond acceptors (Lipinski definition) is 6. The zero-order valence-corrected chi connectivity index (χ0v) is 20.7. The second-order valence-corrected chi connectivity index (χ2v) is 9.08. The van der Waals surface area contributed by atoms with Crippen LogP contribution in [0.5, 0.6) is 0 Å². The van der Waals surface area contributed by atoms with Crippen LogP contribution in [0.2, 0.25) is 0 Å². The molecule has 0 amide bonds. The molecular formula is C26H44O6. The van der Waals surface area contributed by atoms with E-state index in [0.717, 1.165) is 25.7 Å². The maximum absolute atomic E-state index is 10.6. The summed E-state index contributed by atoms with van der Waals surface area (Å²) in [5, 5.41) is 30.3. The minimum Gasteiger partial charge on any atom is -0.394 e. The molecule has 3 N–H and O–H groups in total. The van der Waals surface area contributed by atoms with Gasteiger partial charge in [0.05, 0.1) is 19.8 Å². The molecule has 1 aliphatic rings. The molecule has 32 heavy (non-hydrogen) atoms. The van der Waals surface area contributed by atoms with E-state index in [4.69, 9.17) is 14.2 Å². The summed E-state index contributed by atoms with van der Waals surface area (Å²) in [6.45, 7) is 12.6. The quantitative estimate of drug-likeness (QED) is 0.363. The Hall–Kier alpha value is -1.28. The number of rotatable bonds is 13. The summed E-state index contributed by atoms with van der Waals surface area (Å²) < 4.78 is 17.4. The van der Waals surface area contributed by atoms with Crippen molar-refractivity contribution >= 4 is 0 Å². The third-order valence-electron chi connectivity index (χ3n) is 5.42. The van der Waals surface area contributed by atoms with Gasteiger partial charge in [-0.1, -0.05) is 46.6 Å². The fourth-order valence-corrected chi connectivity index (χ4v) is 3.34. The normalized spacial score (nSPS) is 26.7. The van der Waals surface area contributed by atoms with Crippen LogP contribution in [0.4, 0.5) is 0 Å². The van der Waals surface area contributed by atoms with Crippen LogP contribution >= 0.6 is 0 Å². The molecule has 0 aliphatic carbocycles. The van der Waals surface area contributed by atoms with E-state index >= 15 is 0 Å². The fraction of sp³-hybridized carbons (Fsp3) is 0.692. The number of aliphatic hydroxyl groups excluding tert-OH is 3. The summed E-state index contributed by atoms with van der Waals surface area (Å²) in [6, 6.07) is 0. The first kappa shape index (κ1) is 28.8. The monoisotopic (exact) mass is 452 g/mol. The molecule has 1 unspecified atom stereocenters. The summed E-state index contributed by atoms with van der Waals surface area (Å²) in [6.07, 6.45) is 7.07. The van der Waals surface area contributed by atoms with Crippen molar-refractivity contribution in [3.8, 4) is 0 Å². The van der Waals surface area contributed by atoms with E-state index in [1.54, 1.807) is 0 Å². The highest BCUT2D eigenvalue weighted by atomic mass is 16.7. The third-order valence-corrected chi connectivity index (χ3v) is 5.42. The van der Waals surface area contributed by atoms with Gasteiger partial charge in [0.25, 0.3) is 0 Å². The molecule has 1 rings (SSSR count). The van der Waals surface area contributed by atoms with Crippen molar-refractivity contribution in [3.63, 3.8) is 0 Å². The molecule has 6 nitrogen and oxygen atoms in total. The average molecular weight is 453 g/mol. The molecule has 5 atom stereocenters. The molecule has 0 bridgehead atoms. The molecule has 0 spiro atoms. The SMILES string of the molecule is CC(C)=CCC/C(C)=C/COC1O[C@H](CO)[C@H](O)[C@H](O)[C@H]1OC/C=C(\C)CCC=C(C)C. The molecule has 184 valence electrons. The number of allylic oxidation sites excluding steroid dienone is 6. The molecule has 0 radical (unpaired) electrons. The molecule has 1 heterocycles. The molecule has 0 aromatic heterocycles. The fourth-order valence-electron chi connectivity index (χ4n) is 3.34. The van der Waals surface area contributed by atoms with Crippen molar-refractivity contribution in [2.75, 3.05) is 19.8 Å². The van der Waals surface area contributed by atoms with E-state index < -0.39 is 37.3 Å². The lowest BCUT2D eigenvalue weighted by Gasteiger charge is -2.41. The van der Waals surface area contributed by atoms with E-state index in [0.29, 0.717) is 6.61 Å². The summed E-state index contributed by atoms with van der Waals surface area (Å²) in [7, 11) is 0. The Bertz CT molecular complexity index is 655. The van der Waals surface area contributed by atoms with Gasteiger partial charge in [-0.3, -0.25) is 0 Å². The molecule has 1 saturated heterocycles. The Morgan fingerprint density at radius 1 is 0.750 bits per heavy atom. The van der Waals surface area contributed by atoms with Gasteiger partial charge in [-0.2, -0.15) is 0 Å². The van der Waals surface area contributed by atoms with Crippen LogP contribution in [-0.2, 0) is 14.2 Å². The van der Waals surface area contributed by atoms with Crippen molar-refractivity contribution < 1.29 is 29.5 Å². The predicted octanol–water partition coefficient (Wildman–Crippen LogP) is 4.21. The van der Waals surface area contributed by atoms with Crippen molar-refractivity contribution in [1.82, 2.24) is 0 Å². The molecule has 0 aromatic rings. The van der Waals surface area contributed by atoms with Gasteiger partial charge in [0.15, 0.2) is 6.29 Å². The van der Waals surface area contributed by atoms with E-state index in [2.05, 4.69) is 46.8 Å². The van der Waals surface area contributed by atoms with Gasteiger partial charge in [0.1, 0.15) is 24.4 Å². The summed E-state index contributed by atoms with van der Waals surface area (Å²) in [5.74, 6) is 0. The topological polar surface area (TPSA) is 88.4 Å². The van der Waals surface area contributed by atoms with Crippen molar-refractivity contribution in [1.29, 1.82) is 0 Å². The van der Waals surface area contributed by atoms with Crippen LogP contribution in [0.15, 0.2) is 46.6 Å². The van der Waals surface area contributed by atoms with E-state index in [-0.39, 0.29) is 6.61 Å². The van der Waals surface area contributed by atoms with Crippen LogP contribution in [0.25, 0.3) is 0 Å². The zero-order valence-electron chi connectivity index (χ0n) is 20.7. The number of hydrogen-bond donors (Lipinski definition) is 3. The van der Waals surface area contributed by atoms with Crippen molar-refractivity contribution in [3.05, 3.63) is 46.6 Å². The van der Waals surface area contributed by atoms with Crippen LogP contribution in [0.3, 0.4) is 0 Å². The first-order chi connectivity index (χ1) is 15.1. The zero-order chi connectivity index (χ0) is 24.1. The molecule has 0 saturated carbocycles. The second kappa shape index (κ2) is 15.5. The lowest BCUT2D eigenvalue weighted by atomic mass is 9.99. The van der Waals surface area contributed by atoms with Crippen molar-refractivity contribution in [2.24, 2.45) is 0 Å². The standard InChI is InChI=1S/C26H44O6/c1-18(2)9-7-11-20(5)13-15-30-25-24(29)23(28)22(17-27)32-26(25)31-16-14-21(6)12-8-10-19(3)4/h9-10,13-14,22-29H,7-8,11-12,15-17H2,1-6H3/b20-13+,21-14+/t22-,23+,24+,25-,26?/m1/s1. The highest BCUT2D eigenvalue weighted by Gasteiger charge is 2.45. The van der Waals surface area contributed by atoms with Crippen LogP contribution in [0, 0.1) is 0 Å². The third kappa shape index (κ3) is 11.0. The minimum atomic E-state index is -1.24. The second-order valence-electron chi connectivity index (χ2n) is 9.08. The Labute approximate surface area is 194 Å². The average Bonchev–Trinajstić information content (AvgIpc) is 2.71. The van der Waals surface area contributed by atoms with E-state index in [1.807, 2.05) is 19.1 Å². The Morgan fingerprint density at radius 2 is 1.25 bits per heavy atom. The van der Waals surface area contributed by atoms with Gasteiger partial charge in [0.2, 0.25) is 0 Å². The Balaban J connectivity index is 2.69. The highest BCUT2D eigenvalue weighted by molar-refractivity contribution is 5.04. The van der Waals surface area contributed by atoms with Crippen LogP contribution < -0.4 is 0 Å². The van der Waals surface area contributed by atoms with Gasteiger partial charge in [-0.15, -0.1) is 0 Å². The highest BCUT2D eigenvalue weighted by Crippen LogP contribution is 2.25. The largest absolute Gasteiger partial charge is 0.394 e. The Morgan fingerprint density at radius 3 is 1.72 bits per heavy atom. The van der Waals surface area contributed by atoms with Crippen LogP contribution in [-0.4, -0.2) is 65.8 Å². The van der Waals surface area contributed by atoms with Gasteiger partial charge < -0.3 is 29.5 Å². The van der Waals surface area contributed by atoms with Gasteiger partial charge in [-0.25, -0.2) is 0 Å². The minimum absolute atomic E-state index is 0.277. The molecular weight excluding hydrogens is 408 g/mol.